The lowest BCUT2D eigenvalue weighted by Crippen LogP contribution is -2.33. The molecule has 1 aromatic carbocycles. The molecule has 0 bridgehead atoms. The quantitative estimate of drug-likeness (QED) is 0.791. The first-order valence-corrected chi connectivity index (χ1v) is 6.78. The molecule has 0 aliphatic carbocycles. The lowest BCUT2D eigenvalue weighted by molar-refractivity contribution is -0.184. The fraction of sp³-hybridized carbons (Fsp3) is 0.375. The zero-order valence-corrected chi connectivity index (χ0v) is 11.5. The lowest BCUT2D eigenvalue weighted by Gasteiger charge is -2.26. The van der Waals surface area contributed by atoms with E-state index in [1.54, 1.807) is 30.3 Å². The van der Waals surface area contributed by atoms with Gasteiger partial charge in [0.1, 0.15) is 0 Å². The molecule has 0 aromatic heterocycles. The Morgan fingerprint density at radius 1 is 1.40 bits per heavy atom. The number of benzene rings is 1. The number of cyclic esters (lactones) is 1. The maximum atomic E-state index is 11.9. The van der Waals surface area contributed by atoms with Crippen molar-refractivity contribution in [2.45, 2.75) is 32.5 Å². The summed E-state index contributed by atoms with van der Waals surface area (Å²) in [7, 11) is 0. The fourth-order valence-electron chi connectivity index (χ4n) is 2.14. The summed E-state index contributed by atoms with van der Waals surface area (Å²) < 4.78 is 10.3. The van der Waals surface area contributed by atoms with Crippen LogP contribution >= 0.6 is 0 Å². The minimum absolute atomic E-state index is 0.0724. The van der Waals surface area contributed by atoms with Crippen LogP contribution in [-0.2, 0) is 14.3 Å². The number of ether oxygens (including phenoxy) is 2. The van der Waals surface area contributed by atoms with Gasteiger partial charge in [-0.05, 0) is 30.5 Å². The second-order valence-corrected chi connectivity index (χ2v) is 4.78. The van der Waals surface area contributed by atoms with E-state index in [0.29, 0.717) is 18.4 Å². The monoisotopic (exact) mass is 274 g/mol. The van der Waals surface area contributed by atoms with Crippen molar-refractivity contribution in [3.63, 3.8) is 0 Å². The van der Waals surface area contributed by atoms with Gasteiger partial charge in [0.2, 0.25) is 6.29 Å². The van der Waals surface area contributed by atoms with Gasteiger partial charge < -0.3 is 9.47 Å². The van der Waals surface area contributed by atoms with Gasteiger partial charge in [-0.3, -0.25) is 4.79 Å². The second-order valence-electron chi connectivity index (χ2n) is 4.78. The van der Waals surface area contributed by atoms with E-state index in [2.05, 4.69) is 6.58 Å². The smallest absolute Gasteiger partial charge is 0.341 e. The highest BCUT2D eigenvalue weighted by Gasteiger charge is 2.31. The number of hydrogen-bond donors (Lipinski definition) is 0. The van der Waals surface area contributed by atoms with E-state index < -0.39 is 12.3 Å². The molecular formula is C16H18O4. The van der Waals surface area contributed by atoms with Crippen LogP contribution in [0.3, 0.4) is 0 Å². The van der Waals surface area contributed by atoms with E-state index in [4.69, 9.17) is 9.47 Å². The van der Waals surface area contributed by atoms with Gasteiger partial charge in [0.05, 0.1) is 11.5 Å². The van der Waals surface area contributed by atoms with Gasteiger partial charge in [0, 0.05) is 6.42 Å². The van der Waals surface area contributed by atoms with Crippen molar-refractivity contribution in [3.05, 3.63) is 42.0 Å². The molecule has 4 nitrogen and oxygen atoms in total. The molecule has 20 heavy (non-hydrogen) atoms. The molecular weight excluding hydrogens is 256 g/mol. The Labute approximate surface area is 118 Å². The van der Waals surface area contributed by atoms with E-state index in [-0.39, 0.29) is 11.9 Å². The molecule has 0 N–H and O–H groups in total. The SMILES string of the molecule is C=Cc1ccc(C(=O)OC2CCC(CC)C(=O)O2)cc1. The highest BCUT2D eigenvalue weighted by atomic mass is 16.7. The predicted molar refractivity (Wildman–Crippen MR) is 74.8 cm³/mol. The Hall–Kier alpha value is -2.10. The van der Waals surface area contributed by atoms with E-state index in [9.17, 15) is 9.59 Å². The number of carbonyl (C=O) groups is 2. The Morgan fingerprint density at radius 2 is 2.10 bits per heavy atom. The molecule has 0 amide bonds. The fourth-order valence-corrected chi connectivity index (χ4v) is 2.14. The van der Waals surface area contributed by atoms with Crippen LogP contribution in [0.1, 0.15) is 42.1 Å². The maximum Gasteiger partial charge on any atom is 0.341 e. The van der Waals surface area contributed by atoms with Crippen molar-refractivity contribution in [2.75, 3.05) is 0 Å². The number of rotatable bonds is 4. The zero-order valence-electron chi connectivity index (χ0n) is 11.5. The second kappa shape index (κ2) is 6.37. The largest absolute Gasteiger partial charge is 0.425 e. The third-order valence-electron chi connectivity index (χ3n) is 3.45. The summed E-state index contributed by atoms with van der Waals surface area (Å²) in [6, 6.07) is 6.89. The number of hydrogen-bond acceptors (Lipinski definition) is 4. The highest BCUT2D eigenvalue weighted by Crippen LogP contribution is 2.24. The van der Waals surface area contributed by atoms with Gasteiger partial charge in [0.15, 0.2) is 0 Å². The molecule has 1 aliphatic heterocycles. The third kappa shape index (κ3) is 3.26. The Morgan fingerprint density at radius 3 is 2.65 bits per heavy atom. The molecule has 106 valence electrons. The maximum absolute atomic E-state index is 11.9. The van der Waals surface area contributed by atoms with Crippen LogP contribution in [0.4, 0.5) is 0 Å². The normalized spacial score (nSPS) is 21.9. The summed E-state index contributed by atoms with van der Waals surface area (Å²) in [5.41, 5.74) is 1.36. The minimum Gasteiger partial charge on any atom is -0.425 e. The molecule has 2 atom stereocenters. The average molecular weight is 274 g/mol. The van der Waals surface area contributed by atoms with Crippen molar-refractivity contribution in [2.24, 2.45) is 5.92 Å². The summed E-state index contributed by atoms with van der Waals surface area (Å²) in [6.45, 7) is 5.59. The molecule has 0 radical (unpaired) electrons. The van der Waals surface area contributed by atoms with Crippen molar-refractivity contribution in [1.82, 2.24) is 0 Å². The van der Waals surface area contributed by atoms with E-state index >= 15 is 0 Å². The number of esters is 2. The molecule has 0 saturated carbocycles. The van der Waals surface area contributed by atoms with Crippen LogP contribution < -0.4 is 0 Å². The van der Waals surface area contributed by atoms with Gasteiger partial charge in [-0.25, -0.2) is 4.79 Å². The third-order valence-corrected chi connectivity index (χ3v) is 3.45. The molecule has 1 aliphatic rings. The summed E-state index contributed by atoms with van der Waals surface area (Å²) in [5.74, 6) is -0.830. The first-order valence-electron chi connectivity index (χ1n) is 6.78. The van der Waals surface area contributed by atoms with Gasteiger partial charge >= 0.3 is 11.9 Å². The van der Waals surface area contributed by atoms with Gasteiger partial charge in [0.25, 0.3) is 0 Å². The molecule has 2 unspecified atom stereocenters. The van der Waals surface area contributed by atoms with Crippen LogP contribution in [0, 0.1) is 5.92 Å². The average Bonchev–Trinajstić information content (AvgIpc) is 2.47. The molecule has 1 heterocycles. The van der Waals surface area contributed by atoms with Gasteiger partial charge in [-0.2, -0.15) is 0 Å². The standard InChI is InChI=1S/C16H18O4/c1-3-11-5-7-13(8-6-11)16(18)20-14-10-9-12(4-2)15(17)19-14/h3,5-8,12,14H,1,4,9-10H2,2H3. The zero-order chi connectivity index (χ0) is 14.5. The first-order chi connectivity index (χ1) is 9.63. The molecule has 1 fully saturated rings. The molecule has 0 spiro atoms. The molecule has 1 saturated heterocycles. The summed E-state index contributed by atoms with van der Waals surface area (Å²) in [4.78, 5) is 23.5. The van der Waals surface area contributed by atoms with Crippen LogP contribution in [-0.4, -0.2) is 18.2 Å². The first kappa shape index (κ1) is 14.3. The predicted octanol–water partition coefficient (Wildman–Crippen LogP) is 3.18. The summed E-state index contributed by atoms with van der Waals surface area (Å²) in [5, 5.41) is 0. The van der Waals surface area contributed by atoms with Crippen LogP contribution in [0.5, 0.6) is 0 Å². The Balaban J connectivity index is 1.94. The highest BCUT2D eigenvalue weighted by molar-refractivity contribution is 5.89. The summed E-state index contributed by atoms with van der Waals surface area (Å²) >= 11 is 0. The van der Waals surface area contributed by atoms with Crippen LogP contribution in [0.25, 0.3) is 6.08 Å². The van der Waals surface area contributed by atoms with Crippen molar-refractivity contribution in [1.29, 1.82) is 0 Å². The van der Waals surface area contributed by atoms with Gasteiger partial charge in [-0.1, -0.05) is 31.7 Å². The topological polar surface area (TPSA) is 52.6 Å². The molecule has 2 rings (SSSR count). The van der Waals surface area contributed by atoms with E-state index in [0.717, 1.165) is 12.0 Å². The minimum atomic E-state index is -0.767. The molecule has 1 aromatic rings. The molecule has 4 heteroatoms. The van der Waals surface area contributed by atoms with Crippen LogP contribution in [0.2, 0.25) is 0 Å². The van der Waals surface area contributed by atoms with Crippen LogP contribution in [0.15, 0.2) is 30.8 Å². The van der Waals surface area contributed by atoms with E-state index in [1.165, 1.54) is 0 Å². The Bertz CT molecular complexity index is 504. The Kier molecular flexibility index (Phi) is 4.56. The lowest BCUT2D eigenvalue weighted by atomic mass is 9.98. The van der Waals surface area contributed by atoms with Crippen molar-refractivity contribution >= 4 is 18.0 Å². The van der Waals surface area contributed by atoms with E-state index in [1.807, 2.05) is 6.92 Å². The van der Waals surface area contributed by atoms with Crippen molar-refractivity contribution in [3.8, 4) is 0 Å². The number of carbonyl (C=O) groups excluding carboxylic acids is 2. The summed E-state index contributed by atoms with van der Waals surface area (Å²) in [6.07, 6.45) is 2.94. The van der Waals surface area contributed by atoms with Gasteiger partial charge in [-0.15, -0.1) is 0 Å². The van der Waals surface area contributed by atoms with Crippen molar-refractivity contribution < 1.29 is 19.1 Å².